The van der Waals surface area contributed by atoms with Crippen molar-refractivity contribution in [3.63, 3.8) is 0 Å². The van der Waals surface area contributed by atoms with Crippen LogP contribution in [0.25, 0.3) is 0 Å². The first-order valence-corrected chi connectivity index (χ1v) is 17.1. The molecule has 0 N–H and O–H groups in total. The fourth-order valence-corrected chi connectivity index (χ4v) is 27.9. The average molecular weight is 278 g/mol. The second kappa shape index (κ2) is 3.69. The number of halogens is 2. The van der Waals surface area contributed by atoms with Crippen molar-refractivity contribution < 1.29 is 0 Å². The summed E-state index contributed by atoms with van der Waals surface area (Å²) in [7, 11) is 10.7. The van der Waals surface area contributed by atoms with Crippen LogP contribution in [0, 0.1) is 0 Å². The summed E-state index contributed by atoms with van der Waals surface area (Å²) >= 11 is -1.87. The standard InChI is InChI=1S/C4H11Si.2ClH.Sn.H/c1-5(2,3)4;;;;/h1H2,2-4H3;2*1H;;/q;;;+2;/p-2. The van der Waals surface area contributed by atoms with Crippen molar-refractivity contribution >= 4 is 43.4 Å². The molecule has 0 saturated carbocycles. The summed E-state index contributed by atoms with van der Waals surface area (Å²) in [6, 6.07) is 0. The van der Waals surface area contributed by atoms with E-state index < -0.39 is 25.6 Å². The van der Waals surface area contributed by atoms with Gasteiger partial charge in [0.25, 0.3) is 0 Å². The monoisotopic (exact) mass is 278 g/mol. The Morgan fingerprint density at radius 3 is 1.62 bits per heavy atom. The van der Waals surface area contributed by atoms with Crippen molar-refractivity contribution in [1.29, 1.82) is 0 Å². The van der Waals surface area contributed by atoms with Crippen molar-refractivity contribution in [3.05, 3.63) is 0 Å². The molecule has 0 nitrogen and oxygen atoms in total. The van der Waals surface area contributed by atoms with Gasteiger partial charge in [-0.2, -0.15) is 0 Å². The Hall–Kier alpha value is 1.60. The molecule has 0 saturated heterocycles. The van der Waals surface area contributed by atoms with Gasteiger partial charge in [0.1, 0.15) is 0 Å². The molecule has 0 amide bonds. The van der Waals surface area contributed by atoms with Crippen LogP contribution in [0.1, 0.15) is 0 Å². The third-order valence-electron chi connectivity index (χ3n) is 0.767. The van der Waals surface area contributed by atoms with Gasteiger partial charge in [-0.15, -0.1) is 0 Å². The Bertz CT molecular complexity index is 68.9. The van der Waals surface area contributed by atoms with E-state index in [-0.39, 0.29) is 0 Å². The summed E-state index contributed by atoms with van der Waals surface area (Å²) < 4.78 is 1.21. The van der Waals surface area contributed by atoms with Crippen LogP contribution in [0.2, 0.25) is 23.7 Å². The van der Waals surface area contributed by atoms with Gasteiger partial charge in [-0.3, -0.25) is 0 Å². The maximum absolute atomic E-state index is 5.77. The molecule has 0 radical (unpaired) electrons. The van der Waals surface area contributed by atoms with Gasteiger partial charge in [-0.25, -0.2) is 0 Å². The Balaban J connectivity index is 3.39. The molecule has 0 atom stereocenters. The Labute approximate surface area is 66.7 Å². The fraction of sp³-hybridized carbons (Fsp3) is 1.00. The number of rotatable bonds is 2. The molecular weight excluding hydrogens is 266 g/mol. The van der Waals surface area contributed by atoms with Gasteiger partial charge < -0.3 is 0 Å². The van der Waals surface area contributed by atoms with E-state index in [9.17, 15) is 0 Å². The summed E-state index contributed by atoms with van der Waals surface area (Å²) in [6.07, 6.45) is 0. The molecule has 50 valence electrons. The summed E-state index contributed by atoms with van der Waals surface area (Å²) in [6.45, 7) is 6.92. The molecule has 0 aliphatic rings. The third kappa shape index (κ3) is 7.60. The first-order valence-electron chi connectivity index (χ1n) is 2.70. The molecule has 0 aliphatic heterocycles. The van der Waals surface area contributed by atoms with Crippen molar-refractivity contribution in [2.24, 2.45) is 0 Å². The summed E-state index contributed by atoms with van der Waals surface area (Å²) in [4.78, 5) is 0. The summed E-state index contributed by atoms with van der Waals surface area (Å²) in [5, 5.41) is 0. The van der Waals surface area contributed by atoms with E-state index in [1.807, 2.05) is 0 Å². The molecule has 0 heterocycles. The minimum atomic E-state index is -1.87. The second-order valence-corrected chi connectivity index (χ2v) is 23.0. The fourth-order valence-electron chi connectivity index (χ4n) is 0.463. The predicted octanol–water partition coefficient (Wildman–Crippen LogP) is 2.56. The zero-order chi connectivity index (χ0) is 6.78. The van der Waals surface area contributed by atoms with Crippen LogP contribution in [-0.2, 0) is 0 Å². The van der Waals surface area contributed by atoms with Crippen molar-refractivity contribution in [1.82, 2.24) is 0 Å². The summed E-state index contributed by atoms with van der Waals surface area (Å²) in [5.41, 5.74) is 0. The SMILES string of the molecule is C[Si](C)(C)[CH2][SnH]([Cl])[Cl]. The molecular formula is C4H12Cl2SiSn. The van der Waals surface area contributed by atoms with Crippen LogP contribution in [0.3, 0.4) is 0 Å². The molecule has 0 aromatic heterocycles. The van der Waals surface area contributed by atoms with Crippen molar-refractivity contribution in [2.75, 3.05) is 0 Å². The molecule has 0 aliphatic carbocycles. The quantitative estimate of drug-likeness (QED) is 0.681. The first-order chi connectivity index (χ1) is 3.42. The second-order valence-electron chi connectivity index (χ2n) is 3.16. The van der Waals surface area contributed by atoms with Crippen molar-refractivity contribution in [2.45, 2.75) is 23.7 Å². The van der Waals surface area contributed by atoms with Crippen molar-refractivity contribution in [3.8, 4) is 0 Å². The molecule has 0 aromatic carbocycles. The van der Waals surface area contributed by atoms with Gasteiger partial charge in [0, 0.05) is 0 Å². The average Bonchev–Trinajstić information content (AvgIpc) is 1.21. The van der Waals surface area contributed by atoms with Crippen LogP contribution in [0.5, 0.6) is 0 Å². The van der Waals surface area contributed by atoms with E-state index in [1.54, 1.807) is 0 Å². The Kier molecular flexibility index (Phi) is 4.42. The zero-order valence-corrected chi connectivity index (χ0v) is 11.3. The minimum absolute atomic E-state index is 0.891. The van der Waals surface area contributed by atoms with E-state index in [1.165, 1.54) is 4.06 Å². The summed E-state index contributed by atoms with van der Waals surface area (Å²) in [5.74, 6) is 0. The van der Waals surface area contributed by atoms with Gasteiger partial charge in [0.2, 0.25) is 0 Å². The van der Waals surface area contributed by atoms with Crippen LogP contribution in [0.15, 0.2) is 0 Å². The molecule has 0 rings (SSSR count). The van der Waals surface area contributed by atoms with E-state index in [4.69, 9.17) is 17.8 Å². The Morgan fingerprint density at radius 2 is 1.62 bits per heavy atom. The molecule has 4 heteroatoms. The van der Waals surface area contributed by atoms with Gasteiger partial charge in [0.15, 0.2) is 0 Å². The van der Waals surface area contributed by atoms with E-state index in [0.29, 0.717) is 0 Å². The molecule has 0 spiro atoms. The van der Waals surface area contributed by atoms with Crippen LogP contribution < -0.4 is 0 Å². The zero-order valence-electron chi connectivity index (χ0n) is 5.54. The third-order valence-corrected chi connectivity index (χ3v) is 21.6. The molecule has 0 bridgehead atoms. The van der Waals surface area contributed by atoms with Crippen LogP contribution in [0.4, 0.5) is 0 Å². The normalized spacial score (nSPS) is 12.8. The molecule has 8 heavy (non-hydrogen) atoms. The molecule has 0 aromatic rings. The van der Waals surface area contributed by atoms with Gasteiger partial charge in [-0.1, -0.05) is 0 Å². The van der Waals surface area contributed by atoms with E-state index >= 15 is 0 Å². The van der Waals surface area contributed by atoms with E-state index in [0.717, 1.165) is 0 Å². The van der Waals surface area contributed by atoms with E-state index in [2.05, 4.69) is 19.6 Å². The number of hydrogen-bond donors (Lipinski definition) is 0. The molecule has 0 fully saturated rings. The maximum atomic E-state index is 5.77. The van der Waals surface area contributed by atoms with Gasteiger partial charge >= 0.3 is 67.1 Å². The van der Waals surface area contributed by atoms with Crippen LogP contribution in [-0.4, -0.2) is 25.6 Å². The van der Waals surface area contributed by atoms with Gasteiger partial charge in [0.05, 0.1) is 0 Å². The Morgan fingerprint density at radius 1 is 1.25 bits per heavy atom. The van der Waals surface area contributed by atoms with Crippen LogP contribution >= 0.6 is 17.8 Å². The topological polar surface area (TPSA) is 0 Å². The predicted molar refractivity (Wildman–Crippen MR) is 47.0 cm³/mol. The van der Waals surface area contributed by atoms with Gasteiger partial charge in [-0.05, 0) is 0 Å². The number of hydrogen-bond acceptors (Lipinski definition) is 0. The first kappa shape index (κ1) is 9.60. The molecule has 0 unspecified atom stereocenters.